The number of benzene rings is 1. The van der Waals surface area contributed by atoms with E-state index in [4.69, 9.17) is 9.47 Å². The van der Waals surface area contributed by atoms with Crippen molar-refractivity contribution >= 4 is 6.16 Å². The van der Waals surface area contributed by atoms with Crippen LogP contribution in [0.1, 0.15) is 18.6 Å². The first kappa shape index (κ1) is 8.10. The van der Waals surface area contributed by atoms with Crippen LogP contribution in [-0.2, 0) is 9.47 Å². The molecule has 2 rings (SSSR count). The number of cyclic esters (lactones) is 2. The second kappa shape index (κ2) is 3.09. The molecule has 1 aromatic carbocycles. The Hall–Kier alpha value is -1.51. The monoisotopic (exact) mass is 178 g/mol. The Labute approximate surface area is 76.3 Å². The minimum atomic E-state index is -0.582. The standard InChI is InChI=1S/C10H10O3/c1-7-9(13-10(11)12-7)8-5-3-2-4-6-8/h2-7,9H,1H3. The van der Waals surface area contributed by atoms with E-state index in [2.05, 4.69) is 0 Å². The molecule has 0 saturated carbocycles. The molecule has 1 saturated heterocycles. The topological polar surface area (TPSA) is 35.5 Å². The maximum atomic E-state index is 10.8. The molecule has 13 heavy (non-hydrogen) atoms. The maximum Gasteiger partial charge on any atom is 0.509 e. The van der Waals surface area contributed by atoms with E-state index in [1.807, 2.05) is 37.3 Å². The van der Waals surface area contributed by atoms with Gasteiger partial charge in [0, 0.05) is 0 Å². The van der Waals surface area contributed by atoms with E-state index >= 15 is 0 Å². The van der Waals surface area contributed by atoms with E-state index in [1.54, 1.807) is 0 Å². The minimum Gasteiger partial charge on any atom is -0.427 e. The van der Waals surface area contributed by atoms with Gasteiger partial charge in [-0.2, -0.15) is 0 Å². The first-order chi connectivity index (χ1) is 6.27. The minimum absolute atomic E-state index is 0.199. The summed E-state index contributed by atoms with van der Waals surface area (Å²) in [5.41, 5.74) is 0.973. The predicted molar refractivity (Wildman–Crippen MR) is 46.2 cm³/mol. The fourth-order valence-corrected chi connectivity index (χ4v) is 1.42. The molecule has 0 amide bonds. The van der Waals surface area contributed by atoms with Gasteiger partial charge in [0.05, 0.1) is 0 Å². The van der Waals surface area contributed by atoms with Crippen LogP contribution in [0.25, 0.3) is 0 Å². The molecule has 2 unspecified atom stereocenters. The molecule has 1 fully saturated rings. The summed E-state index contributed by atoms with van der Waals surface area (Å²) in [5.74, 6) is 0. The van der Waals surface area contributed by atoms with Crippen LogP contribution in [0.15, 0.2) is 30.3 Å². The summed E-state index contributed by atoms with van der Waals surface area (Å²) in [6.45, 7) is 1.82. The van der Waals surface area contributed by atoms with Crippen LogP contribution in [-0.4, -0.2) is 12.3 Å². The second-order valence-electron chi connectivity index (χ2n) is 3.02. The largest absolute Gasteiger partial charge is 0.509 e. The molecule has 68 valence electrons. The molecule has 0 bridgehead atoms. The summed E-state index contributed by atoms with van der Waals surface area (Å²) in [4.78, 5) is 10.8. The van der Waals surface area contributed by atoms with Crippen molar-refractivity contribution in [2.75, 3.05) is 0 Å². The van der Waals surface area contributed by atoms with Crippen LogP contribution in [0.4, 0.5) is 4.79 Å². The van der Waals surface area contributed by atoms with Crippen molar-refractivity contribution in [3.63, 3.8) is 0 Å². The molecule has 1 aliphatic rings. The lowest BCUT2D eigenvalue weighted by Crippen LogP contribution is -2.09. The number of hydrogen-bond acceptors (Lipinski definition) is 3. The highest BCUT2D eigenvalue weighted by Crippen LogP contribution is 2.29. The first-order valence-electron chi connectivity index (χ1n) is 4.19. The van der Waals surface area contributed by atoms with Crippen molar-refractivity contribution in [1.82, 2.24) is 0 Å². The van der Waals surface area contributed by atoms with E-state index in [0.717, 1.165) is 5.56 Å². The zero-order valence-electron chi connectivity index (χ0n) is 7.27. The molecule has 1 aromatic rings. The van der Waals surface area contributed by atoms with Crippen LogP contribution in [0.5, 0.6) is 0 Å². The van der Waals surface area contributed by atoms with Gasteiger partial charge >= 0.3 is 6.16 Å². The van der Waals surface area contributed by atoms with Gasteiger partial charge in [-0.15, -0.1) is 0 Å². The first-order valence-corrected chi connectivity index (χ1v) is 4.19. The van der Waals surface area contributed by atoms with Crippen LogP contribution in [0, 0.1) is 0 Å². The van der Waals surface area contributed by atoms with Gasteiger partial charge in [0.1, 0.15) is 6.10 Å². The highest BCUT2D eigenvalue weighted by atomic mass is 16.8. The fraction of sp³-hybridized carbons (Fsp3) is 0.300. The van der Waals surface area contributed by atoms with Crippen LogP contribution in [0.3, 0.4) is 0 Å². The highest BCUT2D eigenvalue weighted by Gasteiger charge is 2.33. The number of hydrogen-bond donors (Lipinski definition) is 0. The van der Waals surface area contributed by atoms with E-state index < -0.39 is 6.16 Å². The van der Waals surface area contributed by atoms with Gasteiger partial charge in [-0.25, -0.2) is 4.79 Å². The van der Waals surface area contributed by atoms with Gasteiger partial charge in [0.2, 0.25) is 0 Å². The summed E-state index contributed by atoms with van der Waals surface area (Å²) in [6, 6.07) is 9.58. The van der Waals surface area contributed by atoms with Crippen molar-refractivity contribution in [2.24, 2.45) is 0 Å². The molecule has 0 aliphatic carbocycles. The van der Waals surface area contributed by atoms with Gasteiger partial charge in [-0.3, -0.25) is 0 Å². The molecule has 1 aliphatic heterocycles. The molecule has 3 heteroatoms. The van der Waals surface area contributed by atoms with E-state index in [9.17, 15) is 4.79 Å². The molecule has 2 atom stereocenters. The lowest BCUT2D eigenvalue weighted by Gasteiger charge is -2.10. The summed E-state index contributed by atoms with van der Waals surface area (Å²) in [6.07, 6.45) is -1.04. The molecule has 0 N–H and O–H groups in total. The Bertz CT molecular complexity index is 307. The van der Waals surface area contributed by atoms with Crippen molar-refractivity contribution in [3.8, 4) is 0 Å². The van der Waals surface area contributed by atoms with Gasteiger partial charge in [0.15, 0.2) is 6.10 Å². The average molecular weight is 178 g/mol. The normalized spacial score (nSPS) is 26.7. The number of carbonyl (C=O) groups is 1. The SMILES string of the molecule is CC1OC(=O)OC1c1ccccc1. The Morgan fingerprint density at radius 1 is 1.15 bits per heavy atom. The van der Waals surface area contributed by atoms with E-state index in [1.165, 1.54) is 0 Å². The molecule has 0 spiro atoms. The third kappa shape index (κ3) is 1.49. The van der Waals surface area contributed by atoms with Crippen LogP contribution in [0.2, 0.25) is 0 Å². The third-order valence-electron chi connectivity index (χ3n) is 2.06. The molecule has 0 aromatic heterocycles. The molecule has 0 radical (unpaired) electrons. The van der Waals surface area contributed by atoms with E-state index in [0.29, 0.717) is 0 Å². The lowest BCUT2D eigenvalue weighted by atomic mass is 10.1. The number of rotatable bonds is 1. The van der Waals surface area contributed by atoms with Crippen molar-refractivity contribution in [2.45, 2.75) is 19.1 Å². The fourth-order valence-electron chi connectivity index (χ4n) is 1.42. The molecular formula is C10H10O3. The second-order valence-corrected chi connectivity index (χ2v) is 3.02. The number of carbonyl (C=O) groups excluding carboxylic acids is 1. The summed E-state index contributed by atoms with van der Waals surface area (Å²) >= 11 is 0. The van der Waals surface area contributed by atoms with Gasteiger partial charge in [-0.05, 0) is 12.5 Å². The van der Waals surface area contributed by atoms with Gasteiger partial charge in [0.25, 0.3) is 0 Å². The Kier molecular flexibility index (Phi) is 1.93. The van der Waals surface area contributed by atoms with E-state index in [-0.39, 0.29) is 12.2 Å². The average Bonchev–Trinajstić information content (AvgIpc) is 2.47. The quantitative estimate of drug-likeness (QED) is 0.619. The van der Waals surface area contributed by atoms with Crippen LogP contribution < -0.4 is 0 Å². The highest BCUT2D eigenvalue weighted by molar-refractivity contribution is 5.62. The Morgan fingerprint density at radius 3 is 2.38 bits per heavy atom. The van der Waals surface area contributed by atoms with Crippen molar-refractivity contribution < 1.29 is 14.3 Å². The van der Waals surface area contributed by atoms with Crippen LogP contribution >= 0.6 is 0 Å². The zero-order chi connectivity index (χ0) is 9.26. The zero-order valence-corrected chi connectivity index (χ0v) is 7.27. The molecule has 1 heterocycles. The summed E-state index contributed by atoms with van der Waals surface area (Å²) < 4.78 is 9.87. The maximum absolute atomic E-state index is 10.8. The van der Waals surface area contributed by atoms with Gasteiger partial charge < -0.3 is 9.47 Å². The smallest absolute Gasteiger partial charge is 0.427 e. The predicted octanol–water partition coefficient (Wildman–Crippen LogP) is 2.28. The van der Waals surface area contributed by atoms with Crippen molar-refractivity contribution in [3.05, 3.63) is 35.9 Å². The van der Waals surface area contributed by atoms with Crippen molar-refractivity contribution in [1.29, 1.82) is 0 Å². The number of ether oxygens (including phenoxy) is 2. The molecule has 3 nitrogen and oxygen atoms in total. The Balaban J connectivity index is 2.23. The third-order valence-corrected chi connectivity index (χ3v) is 2.06. The Morgan fingerprint density at radius 2 is 1.85 bits per heavy atom. The summed E-state index contributed by atoms with van der Waals surface area (Å²) in [7, 11) is 0. The van der Waals surface area contributed by atoms with Gasteiger partial charge in [-0.1, -0.05) is 30.3 Å². The summed E-state index contributed by atoms with van der Waals surface area (Å²) in [5, 5.41) is 0. The lowest BCUT2D eigenvalue weighted by molar-refractivity contribution is 0.117. The molecular weight excluding hydrogens is 168 g/mol.